The van der Waals surface area contributed by atoms with E-state index in [1.54, 1.807) is 0 Å². The topological polar surface area (TPSA) is 16.3 Å². The second-order valence-corrected chi connectivity index (χ2v) is 37.0. The molecule has 0 radical (unpaired) electrons. The Labute approximate surface area is 709 Å². The number of nitrogens with zero attached hydrogens (tertiary/aromatic N) is 4. The van der Waals surface area contributed by atoms with Gasteiger partial charge in [0.15, 0.2) is 0 Å². The van der Waals surface area contributed by atoms with E-state index in [0.29, 0.717) is 0 Å². The molecule has 0 saturated carbocycles. The van der Waals surface area contributed by atoms with E-state index in [1.807, 2.05) is 0 Å². The number of aromatic nitrogens is 2. The lowest BCUT2D eigenvalue weighted by atomic mass is 9.33. The van der Waals surface area contributed by atoms with Gasteiger partial charge in [-0.3, -0.25) is 0 Å². The van der Waals surface area contributed by atoms with E-state index in [2.05, 4.69) is 469 Å². The highest BCUT2D eigenvalue weighted by molar-refractivity contribution is 7.00. The van der Waals surface area contributed by atoms with E-state index in [0.717, 1.165) is 78.7 Å². The Kier molecular flexibility index (Phi) is 16.0. The number of fused-ring (bicyclic) bond motifs is 18. The van der Waals surface area contributed by atoms with Gasteiger partial charge >= 0.3 is 0 Å². The summed E-state index contributed by atoms with van der Waals surface area (Å²) in [6, 6.07) is 149. The van der Waals surface area contributed by atoms with Crippen molar-refractivity contribution >= 4 is 101 Å². The van der Waals surface area contributed by atoms with E-state index in [1.165, 1.54) is 133 Å². The lowest BCUT2D eigenvalue weighted by molar-refractivity contribution is 0.590. The fourth-order valence-corrected chi connectivity index (χ4v) is 21.8. The Morgan fingerprint density at radius 2 is 0.579 bits per heavy atom. The zero-order valence-electron chi connectivity index (χ0n) is 69.8. The molecule has 0 saturated heterocycles. The van der Waals surface area contributed by atoms with Crippen LogP contribution in [0, 0.1) is 0 Å². The molecule has 0 bridgehead atoms. The van der Waals surface area contributed by atoms with E-state index in [4.69, 9.17) is 0 Å². The van der Waals surface area contributed by atoms with E-state index in [9.17, 15) is 0 Å². The molecule has 2 aliphatic carbocycles. The molecule has 2 aliphatic heterocycles. The lowest BCUT2D eigenvalue weighted by Crippen LogP contribution is -2.61. The van der Waals surface area contributed by atoms with Gasteiger partial charge in [0.1, 0.15) is 0 Å². The normalized spacial score (nSPS) is 14.1. The second-order valence-electron chi connectivity index (χ2n) is 37.0. The molecule has 23 rings (SSSR count). The molecule has 4 aliphatic rings. The SMILES string of the molecule is CC(C)(C)c1ccc(N2c3cc(-n4c5ccccc5c5c6c(ccc54)-c4ccccc4C6(c4ccccc4)c4ccccc4)ccc3B3c4ccc(-n5c6ccccc6c6c7c(ccc65)-c5ccccc5C7(c5ccccc5)c5ccccc5)cc4N(c4ccc(C(C)(C)C)cc4-c4ccccc4)c4cc(C(C)(C)C)cc2c43)c(-c2ccccc2)c1. The van der Waals surface area contributed by atoms with Crippen molar-refractivity contribution in [3.05, 3.63) is 449 Å². The number of para-hydroxylation sites is 2. The summed E-state index contributed by atoms with van der Waals surface area (Å²) in [5, 5.41) is 4.95. The third kappa shape index (κ3) is 10.5. The Hall–Kier alpha value is -14.0. The zero-order chi connectivity index (χ0) is 81.6. The summed E-state index contributed by atoms with van der Waals surface area (Å²) < 4.78 is 5.19. The van der Waals surface area contributed by atoms with E-state index < -0.39 is 10.8 Å². The first kappa shape index (κ1) is 72.3. The number of benzene rings is 17. The van der Waals surface area contributed by atoms with Crippen LogP contribution >= 0.6 is 0 Å². The van der Waals surface area contributed by atoms with Crippen molar-refractivity contribution in [2.24, 2.45) is 0 Å². The molecule has 0 amide bonds. The van der Waals surface area contributed by atoms with Crippen LogP contribution in [0.2, 0.25) is 0 Å². The molecule has 0 spiro atoms. The van der Waals surface area contributed by atoms with Gasteiger partial charge in [-0.05, 0) is 212 Å². The van der Waals surface area contributed by atoms with Gasteiger partial charge in [-0.2, -0.15) is 0 Å². The number of anilines is 6. The minimum absolute atomic E-state index is 0.149. The lowest BCUT2D eigenvalue weighted by Gasteiger charge is -2.46. The van der Waals surface area contributed by atoms with Crippen LogP contribution in [0.15, 0.2) is 388 Å². The minimum atomic E-state index is -0.641. The predicted octanol–water partition coefficient (Wildman–Crippen LogP) is 27.9. The molecule has 0 atom stereocenters. The summed E-state index contributed by atoms with van der Waals surface area (Å²) in [5.74, 6) is 0. The average Bonchev–Trinajstić information content (AvgIpc) is 1.55. The maximum atomic E-state index is 2.70. The third-order valence-corrected chi connectivity index (χ3v) is 27.3. The van der Waals surface area contributed by atoms with Crippen LogP contribution in [0.5, 0.6) is 0 Å². The summed E-state index contributed by atoms with van der Waals surface area (Å²) in [6.45, 7) is 21.0. The zero-order valence-corrected chi connectivity index (χ0v) is 69.8. The molecule has 4 heterocycles. The van der Waals surface area contributed by atoms with Gasteiger partial charge in [-0.1, -0.05) is 366 Å². The second kappa shape index (κ2) is 26.8. The number of hydrogen-bond acceptors (Lipinski definition) is 2. The molecule has 4 nitrogen and oxygen atoms in total. The van der Waals surface area contributed by atoms with Gasteiger partial charge in [0.25, 0.3) is 6.71 Å². The van der Waals surface area contributed by atoms with E-state index in [-0.39, 0.29) is 23.0 Å². The fraction of sp³-hybridized carbons (Fsp3) is 0.121. The molecule has 0 unspecified atom stereocenters. The molecule has 121 heavy (non-hydrogen) atoms. The molecular weight excluding hydrogens is 1460 g/mol. The summed E-state index contributed by atoms with van der Waals surface area (Å²) in [6.07, 6.45) is 0. The summed E-state index contributed by atoms with van der Waals surface area (Å²) in [5.41, 5.74) is 39.2. The molecule has 578 valence electrons. The standard InChI is InChI=1S/C116H91BN4/c1-112(2,3)80-56-64-99(91(68-80)74-36-16-10-17-37-74)120-103-72-83(118-97-54-34-30-50-89(97)107-101(118)66-60-87-85-48-28-32-52-93(85)115(109(87)107,76-40-20-12-21-41-76)77-42-22-13-23-43-77)58-62-95(103)117-96-63-59-84(73-104(96)121(106-71-82(114(7,8)9)70-105(120)111(106)117)100-65-57-81(113(4,5)6)69-92(100)75-38-18-11-19-39-75)119-98-55-35-31-51-90(98)108-102(119)67-61-88-86-49-29-33-53-94(86)116(110(88)108,78-44-24-14-25-45-78)79-46-26-15-27-47-79/h10-73H,1-9H3. The molecule has 0 fully saturated rings. The first-order chi connectivity index (χ1) is 59.0. The van der Waals surface area contributed by atoms with Crippen LogP contribution in [0.3, 0.4) is 0 Å². The first-order valence-electron chi connectivity index (χ1n) is 43.0. The molecule has 17 aromatic carbocycles. The Morgan fingerprint density at radius 1 is 0.240 bits per heavy atom. The molecule has 0 N–H and O–H groups in total. The predicted molar refractivity (Wildman–Crippen MR) is 511 cm³/mol. The fourth-order valence-electron chi connectivity index (χ4n) is 21.8. The van der Waals surface area contributed by atoms with Gasteiger partial charge < -0.3 is 18.9 Å². The molecular formula is C116H91BN4. The first-order valence-corrected chi connectivity index (χ1v) is 43.0. The highest BCUT2D eigenvalue weighted by Crippen LogP contribution is 2.63. The van der Waals surface area contributed by atoms with E-state index >= 15 is 0 Å². The highest BCUT2D eigenvalue weighted by Gasteiger charge is 2.51. The van der Waals surface area contributed by atoms with Crippen molar-refractivity contribution in [1.82, 2.24) is 9.13 Å². The minimum Gasteiger partial charge on any atom is -0.311 e. The van der Waals surface area contributed by atoms with Gasteiger partial charge in [0.05, 0.1) is 44.3 Å². The largest absolute Gasteiger partial charge is 0.311 e. The number of rotatable bonds is 10. The highest BCUT2D eigenvalue weighted by atomic mass is 15.2. The quantitative estimate of drug-likeness (QED) is 0.127. The summed E-state index contributed by atoms with van der Waals surface area (Å²) in [4.78, 5) is 5.41. The molecule has 5 heteroatoms. The van der Waals surface area contributed by atoms with Crippen molar-refractivity contribution in [1.29, 1.82) is 0 Å². The summed E-state index contributed by atoms with van der Waals surface area (Å²) in [7, 11) is 0. The van der Waals surface area contributed by atoms with Crippen molar-refractivity contribution in [3.63, 3.8) is 0 Å². The van der Waals surface area contributed by atoms with Gasteiger partial charge in [0, 0.05) is 66.8 Å². The van der Waals surface area contributed by atoms with Crippen LogP contribution in [-0.2, 0) is 27.1 Å². The van der Waals surface area contributed by atoms with Crippen molar-refractivity contribution in [3.8, 4) is 55.9 Å². The number of hydrogen-bond donors (Lipinski definition) is 0. The Bertz CT molecular complexity index is 6930. The van der Waals surface area contributed by atoms with Crippen LogP contribution in [0.25, 0.3) is 99.5 Å². The monoisotopic (exact) mass is 1550 g/mol. The Balaban J connectivity index is 0.835. The maximum absolute atomic E-state index is 2.70. The third-order valence-electron chi connectivity index (χ3n) is 27.3. The van der Waals surface area contributed by atoms with Crippen LogP contribution in [-0.4, -0.2) is 15.8 Å². The Morgan fingerprint density at radius 3 is 0.950 bits per heavy atom. The molecule has 19 aromatic rings. The van der Waals surface area contributed by atoms with Gasteiger partial charge in [0.2, 0.25) is 0 Å². The summed E-state index contributed by atoms with van der Waals surface area (Å²) >= 11 is 0. The molecule has 2 aromatic heterocycles. The maximum Gasteiger partial charge on any atom is 0.252 e. The van der Waals surface area contributed by atoms with Crippen molar-refractivity contribution in [2.45, 2.75) is 89.4 Å². The van der Waals surface area contributed by atoms with Crippen LogP contribution in [0.4, 0.5) is 34.1 Å². The van der Waals surface area contributed by atoms with Crippen LogP contribution in [0.1, 0.15) is 124 Å². The average molecular weight is 1550 g/mol. The van der Waals surface area contributed by atoms with Crippen molar-refractivity contribution < 1.29 is 0 Å². The van der Waals surface area contributed by atoms with Crippen molar-refractivity contribution in [2.75, 3.05) is 9.80 Å². The smallest absolute Gasteiger partial charge is 0.252 e. The van der Waals surface area contributed by atoms with Gasteiger partial charge in [-0.25, -0.2) is 0 Å². The van der Waals surface area contributed by atoms with Gasteiger partial charge in [-0.15, -0.1) is 0 Å². The van der Waals surface area contributed by atoms with Crippen LogP contribution < -0.4 is 26.2 Å².